The summed E-state index contributed by atoms with van der Waals surface area (Å²) in [6.07, 6.45) is 0. The van der Waals surface area contributed by atoms with Gasteiger partial charge in [-0.25, -0.2) is 0 Å². The van der Waals surface area contributed by atoms with Crippen LogP contribution < -0.4 is 0 Å². The van der Waals surface area contributed by atoms with Crippen molar-refractivity contribution in [3.8, 4) is 0 Å². The fourth-order valence-corrected chi connectivity index (χ4v) is 0. The fraction of sp³-hybridized carbons (Fsp3) is 0.750. The summed E-state index contributed by atoms with van der Waals surface area (Å²) in [5.74, 6) is 0. The van der Waals surface area contributed by atoms with Crippen LogP contribution in [0.25, 0.3) is 0 Å². The third-order valence-corrected chi connectivity index (χ3v) is 0. The van der Waals surface area contributed by atoms with Crippen molar-refractivity contribution in [2.24, 2.45) is 0 Å². The van der Waals surface area contributed by atoms with Gasteiger partial charge in [0.15, 0.2) is 0 Å². The van der Waals surface area contributed by atoms with Crippen LogP contribution in [0, 0.1) is 13.1 Å². The van der Waals surface area contributed by atoms with Gasteiger partial charge in [-0.05, 0) is 0 Å². The van der Waals surface area contributed by atoms with Crippen LogP contribution in [0.2, 0.25) is 39.3 Å². The maximum atomic E-state index is 3.91. The molecular formula is C8H22NiSi2. The maximum absolute atomic E-state index is 3.91. The molecule has 0 N–H and O–H groups in total. The van der Waals surface area contributed by atoms with E-state index in [4.69, 9.17) is 0 Å². The zero-order chi connectivity index (χ0) is 9.00. The third-order valence-electron chi connectivity index (χ3n) is 0. The van der Waals surface area contributed by atoms with Crippen LogP contribution in [0.3, 0.4) is 0 Å². The first-order chi connectivity index (χ1) is 4.00. The van der Waals surface area contributed by atoms with Gasteiger partial charge in [-0.1, -0.05) is 39.3 Å². The Bertz CT molecular complexity index is 55.1. The molecule has 11 heavy (non-hydrogen) atoms. The molecule has 0 rings (SSSR count). The molecule has 72 valence electrons. The van der Waals surface area contributed by atoms with Gasteiger partial charge in [0.1, 0.15) is 0 Å². The topological polar surface area (TPSA) is 0 Å². The number of hydrogen-bond donors (Lipinski definition) is 0. The molecule has 0 saturated carbocycles. The molecule has 0 spiro atoms. The quantitative estimate of drug-likeness (QED) is 0.444. The van der Waals surface area contributed by atoms with Crippen LogP contribution >= 0.6 is 0 Å². The fourth-order valence-electron chi connectivity index (χ4n) is 0. The molecule has 0 atom stereocenters. The van der Waals surface area contributed by atoms with Crippen molar-refractivity contribution in [2.45, 2.75) is 39.3 Å². The summed E-state index contributed by atoms with van der Waals surface area (Å²) in [5, 5.41) is 0. The van der Waals surface area contributed by atoms with Crippen LogP contribution in [-0.2, 0) is 16.5 Å². The van der Waals surface area contributed by atoms with E-state index in [9.17, 15) is 0 Å². The summed E-state index contributed by atoms with van der Waals surface area (Å²) in [6.45, 7) is 21.1. The predicted octanol–water partition coefficient (Wildman–Crippen LogP) is 3.39. The van der Waals surface area contributed by atoms with E-state index in [0.717, 1.165) is 0 Å². The minimum Gasteiger partial charge on any atom is -0.342 e. The molecule has 0 aliphatic rings. The molecule has 0 aliphatic heterocycles. The van der Waals surface area contributed by atoms with Crippen LogP contribution in [0.1, 0.15) is 0 Å². The van der Waals surface area contributed by atoms with Gasteiger partial charge in [0.2, 0.25) is 0 Å². The standard InChI is InChI=1S/2C4H11Si.Ni/c2*1-5(2,3)4;/h2*1H2,2-4H3;/q2*-1;+2. The molecule has 0 fully saturated rings. The van der Waals surface area contributed by atoms with Gasteiger partial charge >= 0.3 is 16.5 Å². The first-order valence-electron chi connectivity index (χ1n) is 3.71. The smallest absolute Gasteiger partial charge is 0.342 e. The van der Waals surface area contributed by atoms with E-state index in [2.05, 4.69) is 52.4 Å². The van der Waals surface area contributed by atoms with E-state index < -0.39 is 16.1 Å². The van der Waals surface area contributed by atoms with Crippen LogP contribution in [-0.4, -0.2) is 16.1 Å². The Morgan fingerprint density at radius 1 is 0.636 bits per heavy atom. The van der Waals surface area contributed by atoms with Crippen LogP contribution in [0.5, 0.6) is 0 Å². The van der Waals surface area contributed by atoms with E-state index in [-0.39, 0.29) is 16.5 Å². The molecule has 0 amide bonds. The summed E-state index contributed by atoms with van der Waals surface area (Å²) in [6, 6.07) is 0. The molecule has 0 bridgehead atoms. The van der Waals surface area contributed by atoms with Crippen molar-refractivity contribution in [3.05, 3.63) is 13.1 Å². The average molecular weight is 233 g/mol. The summed E-state index contributed by atoms with van der Waals surface area (Å²) in [4.78, 5) is 0. The molecular weight excluding hydrogens is 211 g/mol. The van der Waals surface area contributed by atoms with E-state index in [1.807, 2.05) is 0 Å². The van der Waals surface area contributed by atoms with Crippen LogP contribution in [0.15, 0.2) is 0 Å². The van der Waals surface area contributed by atoms with Gasteiger partial charge in [0.05, 0.1) is 0 Å². The second-order valence-electron chi connectivity index (χ2n) is 5.12. The molecule has 0 heterocycles. The van der Waals surface area contributed by atoms with Crippen molar-refractivity contribution < 1.29 is 16.5 Å². The van der Waals surface area contributed by atoms with E-state index in [1.54, 1.807) is 0 Å². The normalized spacial score (nSPS) is 10.9. The first-order valence-corrected chi connectivity index (χ1v) is 11.1. The molecule has 0 aromatic carbocycles. The molecule has 0 radical (unpaired) electrons. The predicted molar refractivity (Wildman–Crippen MR) is 57.4 cm³/mol. The molecule has 0 saturated heterocycles. The van der Waals surface area contributed by atoms with E-state index >= 15 is 0 Å². The van der Waals surface area contributed by atoms with Crippen LogP contribution in [0.4, 0.5) is 0 Å². The second-order valence-corrected chi connectivity index (χ2v) is 15.4. The Kier molecular flexibility index (Phi) is 10.5. The van der Waals surface area contributed by atoms with Crippen molar-refractivity contribution >= 4 is 16.1 Å². The number of rotatable bonds is 0. The largest absolute Gasteiger partial charge is 2.00 e. The minimum atomic E-state index is -0.861. The third kappa shape index (κ3) is 1010. The Morgan fingerprint density at radius 3 is 0.636 bits per heavy atom. The Labute approximate surface area is 85.1 Å². The SMILES string of the molecule is [CH2-][Si](C)(C)C.[CH2-][Si](C)(C)C.[Ni+2]. The van der Waals surface area contributed by atoms with Gasteiger partial charge in [-0.15, -0.1) is 16.1 Å². The number of hydrogen-bond acceptors (Lipinski definition) is 0. The van der Waals surface area contributed by atoms with E-state index in [1.165, 1.54) is 0 Å². The van der Waals surface area contributed by atoms with Crippen molar-refractivity contribution in [2.75, 3.05) is 0 Å². The van der Waals surface area contributed by atoms with E-state index in [0.29, 0.717) is 0 Å². The molecule has 0 aromatic heterocycles. The maximum Gasteiger partial charge on any atom is 2.00 e. The van der Waals surface area contributed by atoms with Gasteiger partial charge in [-0.2, -0.15) is 0 Å². The second kappa shape index (κ2) is 6.44. The molecule has 0 aliphatic carbocycles. The Hall–Kier alpha value is 0.927. The van der Waals surface area contributed by atoms with Gasteiger partial charge < -0.3 is 13.1 Å². The summed E-state index contributed by atoms with van der Waals surface area (Å²) >= 11 is 0. The first kappa shape index (κ1) is 17.9. The zero-order valence-corrected chi connectivity index (χ0v) is 11.7. The summed E-state index contributed by atoms with van der Waals surface area (Å²) in [7, 11) is -1.72. The molecule has 0 nitrogen and oxygen atoms in total. The minimum absolute atomic E-state index is 0. The van der Waals surface area contributed by atoms with Crippen molar-refractivity contribution in [1.29, 1.82) is 0 Å². The Balaban J connectivity index is -0.000000107. The van der Waals surface area contributed by atoms with Gasteiger partial charge in [-0.3, -0.25) is 0 Å². The van der Waals surface area contributed by atoms with Crippen molar-refractivity contribution in [1.82, 2.24) is 0 Å². The Morgan fingerprint density at radius 2 is 0.636 bits per heavy atom. The van der Waals surface area contributed by atoms with Gasteiger partial charge in [0.25, 0.3) is 0 Å². The monoisotopic (exact) mass is 232 g/mol. The average Bonchev–Trinajstić information content (AvgIpc) is 1.12. The zero-order valence-electron chi connectivity index (χ0n) is 8.73. The molecule has 0 aromatic rings. The molecule has 0 unspecified atom stereocenters. The van der Waals surface area contributed by atoms with Crippen molar-refractivity contribution in [3.63, 3.8) is 0 Å². The molecule has 3 heteroatoms. The summed E-state index contributed by atoms with van der Waals surface area (Å²) in [5.41, 5.74) is 0. The summed E-state index contributed by atoms with van der Waals surface area (Å²) < 4.78 is 0. The van der Waals surface area contributed by atoms with Gasteiger partial charge in [0, 0.05) is 0 Å².